The van der Waals surface area contributed by atoms with Crippen LogP contribution < -0.4 is 5.73 Å². The lowest BCUT2D eigenvalue weighted by Gasteiger charge is -2.36. The van der Waals surface area contributed by atoms with Gasteiger partial charge in [0.15, 0.2) is 0 Å². The van der Waals surface area contributed by atoms with Crippen molar-refractivity contribution < 1.29 is 4.79 Å². The van der Waals surface area contributed by atoms with E-state index < -0.39 is 0 Å². The van der Waals surface area contributed by atoms with Crippen LogP contribution in [0.25, 0.3) is 0 Å². The van der Waals surface area contributed by atoms with E-state index in [0.29, 0.717) is 5.25 Å². The molecule has 1 fully saturated rings. The Balaban J connectivity index is 2.76. The molecular weight excluding hydrogens is 491 g/mol. The van der Waals surface area contributed by atoms with E-state index >= 15 is 0 Å². The summed E-state index contributed by atoms with van der Waals surface area (Å²) in [4.78, 5) is 16.5. The Morgan fingerprint density at radius 1 is 0.914 bits per heavy atom. The number of nitrogens with zero attached hydrogens (tertiary/aromatic N) is 2. The van der Waals surface area contributed by atoms with Gasteiger partial charge >= 0.3 is 0 Å². The van der Waals surface area contributed by atoms with Crippen molar-refractivity contribution in [3.05, 3.63) is 0 Å². The summed E-state index contributed by atoms with van der Waals surface area (Å²) >= 11 is 6.46. The lowest BCUT2D eigenvalue weighted by Crippen LogP contribution is -2.35. The van der Waals surface area contributed by atoms with Gasteiger partial charge in [-0.3, -0.25) is 4.79 Å². The highest BCUT2D eigenvalue weighted by Gasteiger charge is 2.34. The summed E-state index contributed by atoms with van der Waals surface area (Å²) in [7, 11) is 8.65. The number of thioether (sulfide) groups is 3. The van der Waals surface area contributed by atoms with Crippen molar-refractivity contribution in [2.75, 3.05) is 58.5 Å². The predicted molar refractivity (Wildman–Crippen MR) is 164 cm³/mol. The number of nitrogens with two attached hydrogens (primary N) is 1. The zero-order valence-corrected chi connectivity index (χ0v) is 26.6. The Hall–Kier alpha value is 0.440. The van der Waals surface area contributed by atoms with Crippen molar-refractivity contribution >= 4 is 41.2 Å². The lowest BCUT2D eigenvalue weighted by molar-refractivity contribution is -0.122. The summed E-state index contributed by atoms with van der Waals surface area (Å²) in [5.41, 5.74) is 5.73. The number of carbonyl (C=O) groups excluding carboxylic acids is 1. The summed E-state index contributed by atoms with van der Waals surface area (Å²) in [5.74, 6) is 5.81. The summed E-state index contributed by atoms with van der Waals surface area (Å²) < 4.78 is 0. The molecular formula is C28H57N3OS3. The molecule has 1 saturated carbocycles. The normalized spacial score (nSPS) is 23.7. The van der Waals surface area contributed by atoms with Gasteiger partial charge in [0.25, 0.3) is 0 Å². The maximum atomic E-state index is 11.9. The molecule has 0 saturated heterocycles. The Bertz CT molecular complexity index is 562. The van der Waals surface area contributed by atoms with Crippen LogP contribution in [0.4, 0.5) is 0 Å². The number of primary amides is 1. The topological polar surface area (TPSA) is 49.6 Å². The van der Waals surface area contributed by atoms with E-state index in [-0.39, 0.29) is 11.8 Å². The fourth-order valence-corrected chi connectivity index (χ4v) is 9.45. The molecule has 0 aliphatic heterocycles. The van der Waals surface area contributed by atoms with Gasteiger partial charge in [-0.05, 0) is 96.6 Å². The molecule has 0 bridgehead atoms. The van der Waals surface area contributed by atoms with E-state index in [4.69, 9.17) is 5.73 Å². The largest absolute Gasteiger partial charge is 0.369 e. The van der Waals surface area contributed by atoms with Crippen molar-refractivity contribution in [2.45, 2.75) is 88.4 Å². The molecule has 0 aromatic rings. The fraction of sp³-hybridized carbons (Fsp3) is 0.964. The van der Waals surface area contributed by atoms with Crippen LogP contribution in [0.1, 0.15) is 72.6 Å². The third-order valence-electron chi connectivity index (χ3n) is 7.56. The average Bonchev–Trinajstić information content (AvgIpc) is 2.78. The van der Waals surface area contributed by atoms with E-state index in [1.54, 1.807) is 0 Å². The summed E-state index contributed by atoms with van der Waals surface area (Å²) in [6.45, 7) is 11.8. The fourth-order valence-electron chi connectivity index (χ4n) is 5.10. The second-order valence-electron chi connectivity index (χ2n) is 11.5. The molecule has 35 heavy (non-hydrogen) atoms. The summed E-state index contributed by atoms with van der Waals surface area (Å²) in [5, 5.41) is 2.10. The number of rotatable bonds is 19. The predicted octanol–water partition coefficient (Wildman–Crippen LogP) is 6.19. The number of hydrogen-bond donors (Lipinski definition) is 1. The standard InChI is InChI=1S/C28H57N3OS3/c1-9-33-25(21(2)3)14-10-22(4)26(34-18-16-30(5)6)15-13-23-11-12-24(28(29)32)20-27(23)35-19-17-31(7)8/h21-27H,9-20H2,1-8H3,(H2,29,32). The molecule has 1 aliphatic carbocycles. The van der Waals surface area contributed by atoms with Crippen LogP contribution in [0.3, 0.4) is 0 Å². The smallest absolute Gasteiger partial charge is 0.220 e. The minimum absolute atomic E-state index is 0.0799. The number of carbonyl (C=O) groups is 1. The SMILES string of the molecule is CCSC(CCC(C)C(CCC1CCC(C(N)=O)CC1SCCN(C)C)SCCN(C)C)C(C)C. The maximum Gasteiger partial charge on any atom is 0.220 e. The van der Waals surface area contributed by atoms with Crippen molar-refractivity contribution in [3.8, 4) is 0 Å². The van der Waals surface area contributed by atoms with Gasteiger partial charge < -0.3 is 15.5 Å². The van der Waals surface area contributed by atoms with Crippen LogP contribution in [0.15, 0.2) is 0 Å². The van der Waals surface area contributed by atoms with Gasteiger partial charge in [-0.25, -0.2) is 0 Å². The Morgan fingerprint density at radius 2 is 1.57 bits per heavy atom. The molecule has 0 radical (unpaired) electrons. The van der Waals surface area contributed by atoms with Gasteiger partial charge in [0.1, 0.15) is 0 Å². The first-order valence-electron chi connectivity index (χ1n) is 14.0. The molecule has 1 rings (SSSR count). The minimum atomic E-state index is -0.0861. The van der Waals surface area contributed by atoms with E-state index in [9.17, 15) is 4.79 Å². The van der Waals surface area contributed by atoms with Crippen LogP contribution >= 0.6 is 35.3 Å². The molecule has 6 unspecified atom stereocenters. The first-order valence-corrected chi connectivity index (χ1v) is 17.1. The molecule has 208 valence electrons. The molecule has 0 heterocycles. The van der Waals surface area contributed by atoms with Gasteiger partial charge in [0.05, 0.1) is 0 Å². The molecule has 0 aromatic carbocycles. The highest BCUT2D eigenvalue weighted by Crippen LogP contribution is 2.41. The van der Waals surface area contributed by atoms with Gasteiger partial charge in [-0.15, -0.1) is 0 Å². The van der Waals surface area contributed by atoms with Crippen molar-refractivity contribution in [3.63, 3.8) is 0 Å². The summed E-state index contributed by atoms with van der Waals surface area (Å²) in [6.07, 6.45) is 8.42. The number of hydrogen-bond acceptors (Lipinski definition) is 6. The molecule has 1 aliphatic rings. The van der Waals surface area contributed by atoms with Crippen LogP contribution in [0.5, 0.6) is 0 Å². The highest BCUT2D eigenvalue weighted by molar-refractivity contribution is 8.00. The second-order valence-corrected chi connectivity index (χ2v) is 15.7. The lowest BCUT2D eigenvalue weighted by atomic mass is 9.78. The number of amides is 1. The van der Waals surface area contributed by atoms with E-state index in [1.165, 1.54) is 43.6 Å². The molecule has 4 nitrogen and oxygen atoms in total. The van der Waals surface area contributed by atoms with Crippen LogP contribution in [0, 0.1) is 23.7 Å². The van der Waals surface area contributed by atoms with Crippen molar-refractivity contribution in [2.24, 2.45) is 29.4 Å². The van der Waals surface area contributed by atoms with Gasteiger partial charge in [0.2, 0.25) is 5.91 Å². The molecule has 7 heteroatoms. The third kappa shape index (κ3) is 14.2. The monoisotopic (exact) mass is 547 g/mol. The van der Waals surface area contributed by atoms with E-state index in [1.807, 2.05) is 0 Å². The molecule has 2 N–H and O–H groups in total. The van der Waals surface area contributed by atoms with Gasteiger partial charge in [0, 0.05) is 46.3 Å². The average molecular weight is 548 g/mol. The quantitative estimate of drug-likeness (QED) is 0.208. The zero-order valence-electron chi connectivity index (χ0n) is 24.1. The Kier molecular flexibility index (Phi) is 17.8. The van der Waals surface area contributed by atoms with E-state index in [2.05, 4.69) is 101 Å². The van der Waals surface area contributed by atoms with Crippen LogP contribution in [0.2, 0.25) is 0 Å². The summed E-state index contributed by atoms with van der Waals surface area (Å²) in [6, 6.07) is 0. The van der Waals surface area contributed by atoms with Gasteiger partial charge in [-0.2, -0.15) is 35.3 Å². The minimum Gasteiger partial charge on any atom is -0.369 e. The van der Waals surface area contributed by atoms with Crippen molar-refractivity contribution in [1.29, 1.82) is 0 Å². The molecule has 1 amide bonds. The van der Waals surface area contributed by atoms with E-state index in [0.717, 1.165) is 59.9 Å². The third-order valence-corrected chi connectivity index (χ3v) is 12.1. The highest BCUT2D eigenvalue weighted by atomic mass is 32.2. The van der Waals surface area contributed by atoms with Crippen LogP contribution in [-0.2, 0) is 4.79 Å². The first-order chi connectivity index (χ1) is 16.5. The Morgan fingerprint density at radius 3 is 2.14 bits per heavy atom. The van der Waals surface area contributed by atoms with Crippen molar-refractivity contribution in [1.82, 2.24) is 9.80 Å². The Labute approximate surface area is 231 Å². The molecule has 6 atom stereocenters. The zero-order chi connectivity index (χ0) is 26.4. The van der Waals surface area contributed by atoms with Gasteiger partial charge in [-0.1, -0.05) is 27.7 Å². The molecule has 0 aromatic heterocycles. The molecule has 0 spiro atoms. The maximum absolute atomic E-state index is 11.9. The first kappa shape index (κ1) is 33.5. The van der Waals surface area contributed by atoms with Crippen LogP contribution in [-0.4, -0.2) is 90.0 Å². The second kappa shape index (κ2) is 18.7.